The maximum absolute atomic E-state index is 11.2. The van der Waals surface area contributed by atoms with Crippen molar-refractivity contribution in [2.24, 2.45) is 5.41 Å². The number of nitrogens with two attached hydrogens (primary N) is 1. The molecule has 0 radical (unpaired) electrons. The summed E-state index contributed by atoms with van der Waals surface area (Å²) in [6.45, 7) is 3.44. The Bertz CT molecular complexity index is 499. The third-order valence-corrected chi connectivity index (χ3v) is 3.71. The monoisotopic (exact) mass is 285 g/mol. The second-order valence-corrected chi connectivity index (χ2v) is 6.05. The van der Waals surface area contributed by atoms with Crippen LogP contribution in [0.4, 0.5) is 5.82 Å². The summed E-state index contributed by atoms with van der Waals surface area (Å²) in [5.74, 6) is 0.197. The minimum Gasteiger partial charge on any atom is -0.481 e. The molecule has 0 fully saturated rings. The van der Waals surface area contributed by atoms with E-state index in [1.807, 2.05) is 0 Å². The average molecular weight is 285 g/mol. The molecule has 0 bridgehead atoms. The van der Waals surface area contributed by atoms with Crippen LogP contribution in [0.1, 0.15) is 33.1 Å². The van der Waals surface area contributed by atoms with Gasteiger partial charge in [-0.3, -0.25) is 9.59 Å². The SMILES string of the molecule is CC(C)(CCCCSc1nc(N)cc(=O)[nH]1)C(=O)O. The van der Waals surface area contributed by atoms with E-state index >= 15 is 0 Å². The molecule has 0 unspecified atom stereocenters. The predicted octanol–water partition coefficient (Wildman–Crippen LogP) is 1.73. The fourth-order valence-corrected chi connectivity index (χ4v) is 2.35. The number of unbranched alkanes of at least 4 members (excludes halogenated alkanes) is 1. The van der Waals surface area contributed by atoms with E-state index in [0.29, 0.717) is 11.6 Å². The molecule has 1 aromatic heterocycles. The fourth-order valence-electron chi connectivity index (χ4n) is 1.47. The number of nitrogens with one attached hydrogen (secondary N) is 1. The number of carboxylic acids is 1. The van der Waals surface area contributed by atoms with E-state index in [1.165, 1.54) is 17.8 Å². The Balaban J connectivity index is 2.32. The zero-order valence-corrected chi connectivity index (χ0v) is 11.9. The molecule has 0 aliphatic carbocycles. The quantitative estimate of drug-likeness (QED) is 0.400. The summed E-state index contributed by atoms with van der Waals surface area (Å²) in [5, 5.41) is 9.47. The first-order valence-electron chi connectivity index (χ1n) is 6.04. The van der Waals surface area contributed by atoms with Crippen LogP contribution in [0.15, 0.2) is 16.0 Å². The molecule has 0 amide bonds. The van der Waals surface area contributed by atoms with E-state index in [-0.39, 0.29) is 11.4 Å². The van der Waals surface area contributed by atoms with E-state index < -0.39 is 11.4 Å². The number of aromatic nitrogens is 2. The van der Waals surface area contributed by atoms with Crippen LogP contribution in [0, 0.1) is 5.41 Å². The van der Waals surface area contributed by atoms with Gasteiger partial charge in [0.15, 0.2) is 5.16 Å². The minimum atomic E-state index is -0.776. The Morgan fingerprint density at radius 3 is 2.79 bits per heavy atom. The van der Waals surface area contributed by atoms with Gasteiger partial charge in [0.25, 0.3) is 5.56 Å². The first-order valence-corrected chi connectivity index (χ1v) is 7.03. The first-order chi connectivity index (χ1) is 8.81. The van der Waals surface area contributed by atoms with E-state index in [9.17, 15) is 9.59 Å². The smallest absolute Gasteiger partial charge is 0.309 e. The third kappa shape index (κ3) is 5.34. The summed E-state index contributed by atoms with van der Waals surface area (Å²) < 4.78 is 0. The number of H-pyrrole nitrogens is 1. The molecule has 1 rings (SSSR count). The normalized spacial score (nSPS) is 11.5. The average Bonchev–Trinajstić information content (AvgIpc) is 2.26. The second kappa shape index (κ2) is 6.60. The number of thioether (sulfide) groups is 1. The lowest BCUT2D eigenvalue weighted by molar-refractivity contribution is -0.147. The van der Waals surface area contributed by atoms with E-state index in [4.69, 9.17) is 10.8 Å². The van der Waals surface area contributed by atoms with Crippen molar-refractivity contribution in [1.29, 1.82) is 0 Å². The maximum atomic E-state index is 11.2. The predicted molar refractivity (Wildman–Crippen MR) is 75.3 cm³/mol. The van der Waals surface area contributed by atoms with E-state index in [2.05, 4.69) is 9.97 Å². The lowest BCUT2D eigenvalue weighted by atomic mass is 9.88. The van der Waals surface area contributed by atoms with Gasteiger partial charge in [0.05, 0.1) is 5.41 Å². The molecule has 7 heteroatoms. The van der Waals surface area contributed by atoms with Crippen LogP contribution in [0.5, 0.6) is 0 Å². The van der Waals surface area contributed by atoms with Gasteiger partial charge in [0.1, 0.15) is 5.82 Å². The van der Waals surface area contributed by atoms with Crippen LogP contribution in [0.2, 0.25) is 0 Å². The highest BCUT2D eigenvalue weighted by Crippen LogP contribution is 2.24. The number of anilines is 1. The van der Waals surface area contributed by atoms with Crippen LogP contribution in [0.25, 0.3) is 0 Å². The topological polar surface area (TPSA) is 109 Å². The zero-order valence-electron chi connectivity index (χ0n) is 11.1. The number of hydrogen-bond donors (Lipinski definition) is 3. The zero-order chi connectivity index (χ0) is 14.5. The van der Waals surface area contributed by atoms with E-state index in [0.717, 1.165) is 18.6 Å². The van der Waals surface area contributed by atoms with Crippen LogP contribution in [-0.4, -0.2) is 26.8 Å². The molecule has 0 saturated carbocycles. The number of nitrogen functional groups attached to an aromatic ring is 1. The number of hydrogen-bond acceptors (Lipinski definition) is 5. The number of aromatic amines is 1. The molecule has 0 spiro atoms. The number of rotatable bonds is 7. The first kappa shape index (κ1) is 15.6. The van der Waals surface area contributed by atoms with Gasteiger partial charge in [-0.1, -0.05) is 18.2 Å². The molecule has 0 aliphatic heterocycles. The van der Waals surface area contributed by atoms with Gasteiger partial charge >= 0.3 is 5.97 Å². The second-order valence-electron chi connectivity index (χ2n) is 4.97. The van der Waals surface area contributed by atoms with Crippen molar-refractivity contribution >= 4 is 23.5 Å². The van der Waals surface area contributed by atoms with Crippen molar-refractivity contribution in [3.8, 4) is 0 Å². The van der Waals surface area contributed by atoms with Gasteiger partial charge in [0.2, 0.25) is 0 Å². The Labute approximate surface area is 115 Å². The Morgan fingerprint density at radius 2 is 2.21 bits per heavy atom. The van der Waals surface area contributed by atoms with Crippen molar-refractivity contribution in [2.75, 3.05) is 11.5 Å². The lowest BCUT2D eigenvalue weighted by Gasteiger charge is -2.18. The molecule has 106 valence electrons. The largest absolute Gasteiger partial charge is 0.481 e. The Morgan fingerprint density at radius 1 is 1.53 bits per heavy atom. The molecular weight excluding hydrogens is 266 g/mol. The molecule has 1 aromatic rings. The van der Waals surface area contributed by atoms with Crippen LogP contribution in [0.3, 0.4) is 0 Å². The van der Waals surface area contributed by atoms with Crippen molar-refractivity contribution in [1.82, 2.24) is 9.97 Å². The molecule has 0 saturated heterocycles. The summed E-state index contributed by atoms with van der Waals surface area (Å²) in [6, 6.07) is 1.24. The van der Waals surface area contributed by atoms with Crippen LogP contribution < -0.4 is 11.3 Å². The van der Waals surface area contributed by atoms with Gasteiger partial charge in [-0.25, -0.2) is 4.98 Å². The summed E-state index contributed by atoms with van der Waals surface area (Å²) in [7, 11) is 0. The molecule has 4 N–H and O–H groups in total. The standard InChI is InChI=1S/C12H19N3O3S/c1-12(2,10(17)18)5-3-4-6-19-11-14-8(13)7-9(16)15-11/h7H,3-6H2,1-2H3,(H,17,18)(H3,13,14,15,16). The van der Waals surface area contributed by atoms with Crippen molar-refractivity contribution in [2.45, 2.75) is 38.3 Å². The Hall–Kier alpha value is -1.50. The molecule has 6 nitrogen and oxygen atoms in total. The summed E-state index contributed by atoms with van der Waals surface area (Å²) in [5.41, 5.74) is 4.52. The third-order valence-electron chi connectivity index (χ3n) is 2.75. The number of nitrogens with zero attached hydrogens (tertiary/aromatic N) is 1. The molecule has 0 aromatic carbocycles. The van der Waals surface area contributed by atoms with Crippen LogP contribution in [-0.2, 0) is 4.79 Å². The highest BCUT2D eigenvalue weighted by atomic mass is 32.2. The molecule has 1 heterocycles. The van der Waals surface area contributed by atoms with E-state index in [1.54, 1.807) is 13.8 Å². The van der Waals surface area contributed by atoms with Gasteiger partial charge in [-0.05, 0) is 26.7 Å². The molecule has 0 aliphatic rings. The summed E-state index contributed by atoms with van der Waals surface area (Å²) in [4.78, 5) is 28.7. The van der Waals surface area contributed by atoms with Crippen molar-refractivity contribution in [3.05, 3.63) is 16.4 Å². The molecule has 19 heavy (non-hydrogen) atoms. The minimum absolute atomic E-state index is 0.207. The fraction of sp³-hybridized carbons (Fsp3) is 0.583. The Kier molecular flexibility index (Phi) is 5.41. The highest BCUT2D eigenvalue weighted by Gasteiger charge is 2.25. The van der Waals surface area contributed by atoms with Crippen molar-refractivity contribution in [3.63, 3.8) is 0 Å². The highest BCUT2D eigenvalue weighted by molar-refractivity contribution is 7.99. The van der Waals surface area contributed by atoms with Crippen molar-refractivity contribution < 1.29 is 9.90 Å². The number of carboxylic acid groups (broad SMARTS) is 1. The summed E-state index contributed by atoms with van der Waals surface area (Å²) >= 11 is 1.41. The molecular formula is C12H19N3O3S. The van der Waals surface area contributed by atoms with Gasteiger partial charge in [-0.15, -0.1) is 0 Å². The molecule has 0 atom stereocenters. The van der Waals surface area contributed by atoms with Gasteiger partial charge < -0.3 is 15.8 Å². The maximum Gasteiger partial charge on any atom is 0.309 e. The number of aliphatic carboxylic acids is 1. The van der Waals surface area contributed by atoms with Gasteiger partial charge in [0, 0.05) is 11.8 Å². The van der Waals surface area contributed by atoms with Crippen LogP contribution >= 0.6 is 11.8 Å². The van der Waals surface area contributed by atoms with Gasteiger partial charge in [-0.2, -0.15) is 0 Å². The lowest BCUT2D eigenvalue weighted by Crippen LogP contribution is -2.23. The number of carbonyl (C=O) groups is 1. The summed E-state index contributed by atoms with van der Waals surface area (Å²) in [6.07, 6.45) is 2.31.